The number of aromatic nitrogens is 1. The fourth-order valence-corrected chi connectivity index (χ4v) is 2.96. The summed E-state index contributed by atoms with van der Waals surface area (Å²) in [7, 11) is 0. The number of hydrogen-bond donors (Lipinski definition) is 1. The average Bonchev–Trinajstić information content (AvgIpc) is 2.61. The Labute approximate surface area is 147 Å². The van der Waals surface area contributed by atoms with Crippen LogP contribution < -0.4 is 10.2 Å². The SMILES string of the molecule is CCc1cc2ccccc2[nH]c1=NC1C=COc2ccccc21.Cl. The van der Waals surface area contributed by atoms with Crippen LogP contribution in [0.3, 0.4) is 0 Å². The highest BCUT2D eigenvalue weighted by Crippen LogP contribution is 2.31. The Kier molecular flexibility index (Phi) is 4.72. The van der Waals surface area contributed by atoms with Gasteiger partial charge in [0, 0.05) is 11.1 Å². The molecule has 4 heteroatoms. The van der Waals surface area contributed by atoms with Crippen molar-refractivity contribution in [2.75, 3.05) is 0 Å². The van der Waals surface area contributed by atoms with Gasteiger partial charge in [-0.3, -0.25) is 4.99 Å². The third-order valence-electron chi connectivity index (χ3n) is 4.19. The second-order valence-corrected chi connectivity index (χ2v) is 5.64. The lowest BCUT2D eigenvalue weighted by molar-refractivity contribution is 0.453. The van der Waals surface area contributed by atoms with Crippen LogP contribution in [-0.4, -0.2) is 4.98 Å². The number of fused-ring (bicyclic) bond motifs is 2. The fraction of sp³-hybridized carbons (Fsp3) is 0.150. The van der Waals surface area contributed by atoms with Gasteiger partial charge in [0.25, 0.3) is 0 Å². The maximum Gasteiger partial charge on any atom is 0.132 e. The van der Waals surface area contributed by atoms with Crippen LogP contribution in [0.2, 0.25) is 0 Å². The molecule has 2 aromatic carbocycles. The summed E-state index contributed by atoms with van der Waals surface area (Å²) in [6.07, 6.45) is 4.66. The maximum absolute atomic E-state index is 5.57. The number of ether oxygens (including phenoxy) is 1. The smallest absolute Gasteiger partial charge is 0.132 e. The van der Waals surface area contributed by atoms with E-state index in [0.29, 0.717) is 0 Å². The van der Waals surface area contributed by atoms with Crippen LogP contribution in [0, 0.1) is 0 Å². The predicted molar refractivity (Wildman–Crippen MR) is 99.4 cm³/mol. The van der Waals surface area contributed by atoms with Gasteiger partial charge in [0.2, 0.25) is 0 Å². The Balaban J connectivity index is 0.00000169. The molecule has 122 valence electrons. The van der Waals surface area contributed by atoms with Gasteiger partial charge in [0.1, 0.15) is 17.3 Å². The van der Waals surface area contributed by atoms with E-state index in [4.69, 9.17) is 9.73 Å². The summed E-state index contributed by atoms with van der Waals surface area (Å²) >= 11 is 0. The van der Waals surface area contributed by atoms with Gasteiger partial charge in [-0.05, 0) is 41.6 Å². The molecule has 0 saturated heterocycles. The molecule has 1 aliphatic rings. The molecule has 0 fully saturated rings. The first-order chi connectivity index (χ1) is 11.3. The van der Waals surface area contributed by atoms with Crippen molar-refractivity contribution in [1.29, 1.82) is 0 Å². The molecule has 0 radical (unpaired) electrons. The molecule has 1 unspecified atom stereocenters. The number of hydrogen-bond acceptors (Lipinski definition) is 2. The van der Waals surface area contributed by atoms with E-state index in [-0.39, 0.29) is 18.4 Å². The highest BCUT2D eigenvalue weighted by atomic mass is 35.5. The summed E-state index contributed by atoms with van der Waals surface area (Å²) in [6.45, 7) is 2.16. The monoisotopic (exact) mass is 338 g/mol. The standard InChI is InChI=1S/C20H18N2O.ClH/c1-2-14-13-15-7-3-5-9-17(15)21-20(14)22-18-11-12-23-19-10-6-4-8-16(18)19;/h3-13,18H,2H2,1H3,(H,21,22);1H. The Morgan fingerprint density at radius 2 is 1.88 bits per heavy atom. The normalized spacial score (nSPS) is 16.4. The van der Waals surface area contributed by atoms with Crippen molar-refractivity contribution in [3.63, 3.8) is 0 Å². The van der Waals surface area contributed by atoms with Crippen LogP contribution in [0.1, 0.15) is 24.1 Å². The molecular weight excluding hydrogens is 320 g/mol. The second kappa shape index (κ2) is 6.93. The first-order valence-corrected chi connectivity index (χ1v) is 7.92. The molecule has 4 rings (SSSR count). The highest BCUT2D eigenvalue weighted by Gasteiger charge is 2.16. The second-order valence-electron chi connectivity index (χ2n) is 5.64. The van der Waals surface area contributed by atoms with Crippen molar-refractivity contribution < 1.29 is 4.74 Å². The van der Waals surface area contributed by atoms with Crippen molar-refractivity contribution >= 4 is 23.3 Å². The third-order valence-corrected chi connectivity index (χ3v) is 4.19. The number of aromatic amines is 1. The van der Waals surface area contributed by atoms with Gasteiger partial charge in [-0.2, -0.15) is 0 Å². The number of benzene rings is 2. The molecule has 0 aliphatic carbocycles. The Morgan fingerprint density at radius 3 is 2.75 bits per heavy atom. The Morgan fingerprint density at radius 1 is 1.08 bits per heavy atom. The lowest BCUT2D eigenvalue weighted by Gasteiger charge is -2.17. The summed E-state index contributed by atoms with van der Waals surface area (Å²) in [5.41, 5.74) is 4.37. The van der Waals surface area contributed by atoms with Crippen LogP contribution in [0.5, 0.6) is 5.75 Å². The summed E-state index contributed by atoms with van der Waals surface area (Å²) in [5.74, 6) is 0.877. The van der Waals surface area contributed by atoms with Gasteiger partial charge in [0.15, 0.2) is 0 Å². The van der Waals surface area contributed by atoms with E-state index in [9.17, 15) is 0 Å². The van der Waals surface area contributed by atoms with E-state index < -0.39 is 0 Å². The molecule has 0 spiro atoms. The molecule has 0 saturated carbocycles. The molecule has 2 heterocycles. The minimum absolute atomic E-state index is 0. The predicted octanol–water partition coefficient (Wildman–Crippen LogP) is 4.70. The number of rotatable bonds is 2. The number of para-hydroxylation sites is 2. The lowest BCUT2D eigenvalue weighted by Crippen LogP contribution is -2.16. The molecule has 3 aromatic rings. The fourth-order valence-electron chi connectivity index (χ4n) is 2.96. The van der Waals surface area contributed by atoms with Crippen LogP contribution >= 0.6 is 12.4 Å². The Hall–Kier alpha value is -2.52. The van der Waals surface area contributed by atoms with Crippen molar-refractivity contribution in [3.05, 3.63) is 83.6 Å². The number of nitrogens with one attached hydrogen (secondary N) is 1. The summed E-state index contributed by atoms with van der Waals surface area (Å²) in [6, 6.07) is 18.6. The zero-order valence-corrected chi connectivity index (χ0v) is 14.2. The molecule has 1 aliphatic heterocycles. The quantitative estimate of drug-likeness (QED) is 0.722. The number of H-pyrrole nitrogens is 1. The van der Waals surface area contributed by atoms with Crippen molar-refractivity contribution in [2.24, 2.45) is 4.99 Å². The Bertz CT molecular complexity index is 959. The van der Waals surface area contributed by atoms with Gasteiger partial charge in [-0.25, -0.2) is 0 Å². The largest absolute Gasteiger partial charge is 0.465 e. The maximum atomic E-state index is 5.57. The molecule has 24 heavy (non-hydrogen) atoms. The summed E-state index contributed by atoms with van der Waals surface area (Å²) < 4.78 is 5.57. The van der Waals surface area contributed by atoms with Crippen molar-refractivity contribution in [1.82, 2.24) is 4.98 Å². The third kappa shape index (κ3) is 2.95. The van der Waals surface area contributed by atoms with Gasteiger partial charge in [-0.15, -0.1) is 12.4 Å². The topological polar surface area (TPSA) is 37.4 Å². The molecule has 3 nitrogen and oxygen atoms in total. The molecule has 1 aromatic heterocycles. The van der Waals surface area contributed by atoms with E-state index in [0.717, 1.165) is 28.7 Å². The van der Waals surface area contributed by atoms with Crippen LogP contribution in [0.15, 0.2) is 71.9 Å². The van der Waals surface area contributed by atoms with Crippen molar-refractivity contribution in [2.45, 2.75) is 19.4 Å². The number of halogens is 1. The molecule has 1 N–H and O–H groups in total. The molecule has 1 atom stereocenters. The minimum Gasteiger partial charge on any atom is -0.465 e. The lowest BCUT2D eigenvalue weighted by atomic mass is 10.0. The van der Waals surface area contributed by atoms with E-state index in [2.05, 4.69) is 42.2 Å². The van der Waals surface area contributed by atoms with E-state index >= 15 is 0 Å². The molecule has 0 amide bonds. The summed E-state index contributed by atoms with van der Waals surface area (Å²) in [4.78, 5) is 8.44. The minimum atomic E-state index is -0.0253. The first kappa shape index (κ1) is 16.3. The zero-order valence-electron chi connectivity index (χ0n) is 13.4. The highest BCUT2D eigenvalue weighted by molar-refractivity contribution is 5.85. The van der Waals surface area contributed by atoms with Crippen LogP contribution in [0.4, 0.5) is 0 Å². The average molecular weight is 339 g/mol. The van der Waals surface area contributed by atoms with E-state index in [1.54, 1.807) is 6.26 Å². The molecule has 0 bridgehead atoms. The van der Waals surface area contributed by atoms with Crippen LogP contribution in [0.25, 0.3) is 10.9 Å². The van der Waals surface area contributed by atoms with E-state index in [1.165, 1.54) is 10.9 Å². The number of nitrogens with zero attached hydrogens (tertiary/aromatic N) is 1. The zero-order chi connectivity index (χ0) is 15.6. The number of aryl methyl sites for hydroxylation is 1. The summed E-state index contributed by atoms with van der Waals surface area (Å²) in [5, 5.41) is 1.21. The molecular formula is C20H19ClN2O. The number of pyridine rings is 1. The van der Waals surface area contributed by atoms with Crippen LogP contribution in [-0.2, 0) is 6.42 Å². The van der Waals surface area contributed by atoms with E-state index in [1.807, 2.05) is 30.3 Å². The van der Waals surface area contributed by atoms with Gasteiger partial charge in [0.05, 0.1) is 6.26 Å². The van der Waals surface area contributed by atoms with Crippen molar-refractivity contribution in [3.8, 4) is 5.75 Å². The van der Waals surface area contributed by atoms with Gasteiger partial charge < -0.3 is 9.72 Å². The first-order valence-electron chi connectivity index (χ1n) is 7.92. The van der Waals surface area contributed by atoms with Gasteiger partial charge in [-0.1, -0.05) is 43.3 Å². The van der Waals surface area contributed by atoms with Gasteiger partial charge >= 0.3 is 0 Å².